The molecule has 1 saturated carbocycles. The van der Waals surface area contributed by atoms with Crippen molar-refractivity contribution in [1.82, 2.24) is 31.9 Å². The lowest BCUT2D eigenvalue weighted by atomic mass is 9.64. The molecule has 1 fully saturated rings. The van der Waals surface area contributed by atoms with Crippen LogP contribution >= 0.6 is 0 Å². The van der Waals surface area contributed by atoms with Gasteiger partial charge in [-0.1, -0.05) is 57.5 Å². The molecule has 272 valence electrons. The van der Waals surface area contributed by atoms with Crippen LogP contribution in [0.1, 0.15) is 71.3 Å². The Morgan fingerprint density at radius 3 is 2.29 bits per heavy atom. The molecule has 0 radical (unpaired) electrons. The van der Waals surface area contributed by atoms with Gasteiger partial charge in [-0.3, -0.25) is 29.4 Å². The highest BCUT2D eigenvalue weighted by Crippen LogP contribution is 2.41. The molecule has 10 N–H and O–H groups in total. The van der Waals surface area contributed by atoms with E-state index < -0.39 is 60.3 Å². The number of benzene rings is 1. The molecule has 0 aromatic heterocycles. The smallest absolute Gasteiger partial charge is 0.303 e. The SMILES string of the molecule is CNC1(C(=O)N[C@H](Cc2ccccc2)C(=O)N[C@@H](CCC(=O)O)C(=O)NCC(=O)N[C@H](C=O)CCCNC(=N)N)C[C@@H](C)CC[C@@H]1C(C)C. The first-order chi connectivity index (χ1) is 23.2. The molecule has 1 unspecified atom stereocenters. The molecule has 15 heteroatoms. The molecule has 0 bridgehead atoms. The molecule has 0 heterocycles. The van der Waals surface area contributed by atoms with E-state index in [1.165, 1.54) is 0 Å². The lowest BCUT2D eigenvalue weighted by Gasteiger charge is -2.47. The van der Waals surface area contributed by atoms with Crippen molar-refractivity contribution in [1.29, 1.82) is 5.41 Å². The Morgan fingerprint density at radius 2 is 1.69 bits per heavy atom. The van der Waals surface area contributed by atoms with Gasteiger partial charge in [0.25, 0.3) is 0 Å². The van der Waals surface area contributed by atoms with Crippen LogP contribution in [0.5, 0.6) is 0 Å². The molecule has 1 aromatic rings. The van der Waals surface area contributed by atoms with Crippen LogP contribution in [0.25, 0.3) is 0 Å². The zero-order chi connectivity index (χ0) is 36.6. The summed E-state index contributed by atoms with van der Waals surface area (Å²) in [5, 5.41) is 32.9. The van der Waals surface area contributed by atoms with Gasteiger partial charge in [-0.2, -0.15) is 0 Å². The minimum absolute atomic E-state index is 0.0189. The van der Waals surface area contributed by atoms with Gasteiger partial charge in [0.2, 0.25) is 23.6 Å². The number of rotatable bonds is 20. The maximum Gasteiger partial charge on any atom is 0.303 e. The number of amides is 4. The topological polar surface area (TPSA) is 245 Å². The third-order valence-corrected chi connectivity index (χ3v) is 9.06. The van der Waals surface area contributed by atoms with Gasteiger partial charge in [-0.15, -0.1) is 0 Å². The number of carboxylic acids is 1. The Balaban J connectivity index is 2.21. The fraction of sp³-hybridized carbons (Fsp3) is 0.618. The standard InChI is InChI=1S/C34H54N8O7/c1-21(2)25-13-12-22(3)18-34(25,37-4)32(49)42-27(17-23-9-6-5-7-10-23)31(48)41-26(14-15-29(45)46)30(47)39-19-28(44)40-24(20-43)11-8-16-38-33(35)36/h5-7,9-10,20-22,24-27,37H,8,11-19H2,1-4H3,(H,39,47)(H,40,44)(H,41,48)(H,42,49)(H,45,46)(H4,35,36,38)/t22-,24-,25+,26-,27+,34?/m0/s1. The van der Waals surface area contributed by atoms with Gasteiger partial charge in [-0.05, 0) is 62.5 Å². The van der Waals surface area contributed by atoms with Gasteiger partial charge in [-0.25, -0.2) is 0 Å². The van der Waals surface area contributed by atoms with E-state index in [4.69, 9.17) is 11.1 Å². The summed E-state index contributed by atoms with van der Waals surface area (Å²) < 4.78 is 0. The first-order valence-corrected chi connectivity index (χ1v) is 16.9. The Kier molecular flexibility index (Phi) is 16.7. The summed E-state index contributed by atoms with van der Waals surface area (Å²) >= 11 is 0. The van der Waals surface area contributed by atoms with Crippen LogP contribution in [0.3, 0.4) is 0 Å². The van der Waals surface area contributed by atoms with Gasteiger partial charge in [0.15, 0.2) is 5.96 Å². The second kappa shape index (κ2) is 20.1. The van der Waals surface area contributed by atoms with Crippen molar-refractivity contribution in [2.45, 2.75) is 95.8 Å². The predicted octanol–water partition coefficient (Wildman–Crippen LogP) is 0.177. The fourth-order valence-electron chi connectivity index (χ4n) is 6.50. The number of aliphatic carboxylic acids is 1. The Hall–Kier alpha value is -4.53. The Labute approximate surface area is 288 Å². The monoisotopic (exact) mass is 686 g/mol. The summed E-state index contributed by atoms with van der Waals surface area (Å²) in [5.41, 5.74) is 5.08. The highest BCUT2D eigenvalue weighted by molar-refractivity contribution is 5.95. The third kappa shape index (κ3) is 13.1. The van der Waals surface area contributed by atoms with E-state index in [1.807, 2.05) is 30.3 Å². The fourth-order valence-corrected chi connectivity index (χ4v) is 6.50. The molecule has 2 rings (SSSR count). The van der Waals surface area contributed by atoms with Crippen LogP contribution in [-0.2, 0) is 35.2 Å². The van der Waals surface area contributed by atoms with E-state index in [2.05, 4.69) is 52.7 Å². The van der Waals surface area contributed by atoms with Crippen LogP contribution in [0.2, 0.25) is 0 Å². The number of hydrogen-bond acceptors (Lipinski definition) is 8. The summed E-state index contributed by atoms with van der Waals surface area (Å²) in [4.78, 5) is 76.6. The van der Waals surface area contributed by atoms with E-state index in [0.717, 1.165) is 18.4 Å². The number of nitrogens with one attached hydrogen (secondary N) is 7. The molecule has 0 saturated heterocycles. The van der Waals surface area contributed by atoms with Crippen molar-refractivity contribution in [2.75, 3.05) is 20.1 Å². The predicted molar refractivity (Wildman–Crippen MR) is 184 cm³/mol. The minimum Gasteiger partial charge on any atom is -0.481 e. The average molecular weight is 687 g/mol. The van der Waals surface area contributed by atoms with Crippen LogP contribution in [0, 0.1) is 23.2 Å². The normalized spacial score (nSPS) is 20.6. The van der Waals surface area contributed by atoms with Gasteiger partial charge in [0, 0.05) is 19.4 Å². The summed E-state index contributed by atoms with van der Waals surface area (Å²) in [7, 11) is 1.75. The lowest BCUT2D eigenvalue weighted by molar-refractivity contribution is -0.139. The maximum atomic E-state index is 14.2. The van der Waals surface area contributed by atoms with Gasteiger partial charge in [0.1, 0.15) is 23.9 Å². The number of guanidine groups is 1. The van der Waals surface area contributed by atoms with Crippen LogP contribution in [0.4, 0.5) is 0 Å². The highest BCUT2D eigenvalue weighted by Gasteiger charge is 2.49. The largest absolute Gasteiger partial charge is 0.481 e. The second-order valence-corrected chi connectivity index (χ2v) is 13.2. The highest BCUT2D eigenvalue weighted by atomic mass is 16.4. The average Bonchev–Trinajstić information content (AvgIpc) is 3.06. The molecular formula is C34H54N8O7. The molecule has 15 nitrogen and oxygen atoms in total. The van der Waals surface area contributed by atoms with Crippen molar-refractivity contribution in [2.24, 2.45) is 23.5 Å². The molecule has 6 atom stereocenters. The first kappa shape index (κ1) is 40.6. The minimum atomic E-state index is -1.33. The van der Waals surface area contributed by atoms with E-state index in [0.29, 0.717) is 25.7 Å². The van der Waals surface area contributed by atoms with E-state index in [-0.39, 0.29) is 48.9 Å². The molecular weight excluding hydrogens is 632 g/mol. The molecule has 1 aliphatic rings. The summed E-state index contributed by atoms with van der Waals surface area (Å²) in [6, 6.07) is 5.82. The summed E-state index contributed by atoms with van der Waals surface area (Å²) in [6.45, 7) is 6.05. The van der Waals surface area contributed by atoms with Gasteiger partial charge < -0.3 is 47.5 Å². The molecule has 4 amide bonds. The second-order valence-electron chi connectivity index (χ2n) is 13.2. The zero-order valence-electron chi connectivity index (χ0n) is 29.0. The number of likely N-dealkylation sites (N-methyl/N-ethyl adjacent to an activating group) is 1. The third-order valence-electron chi connectivity index (χ3n) is 9.06. The van der Waals surface area contributed by atoms with Crippen molar-refractivity contribution >= 4 is 41.8 Å². The van der Waals surface area contributed by atoms with Crippen molar-refractivity contribution in [3.63, 3.8) is 0 Å². The van der Waals surface area contributed by atoms with Crippen LogP contribution in [0.15, 0.2) is 30.3 Å². The first-order valence-electron chi connectivity index (χ1n) is 16.9. The summed E-state index contributed by atoms with van der Waals surface area (Å²) in [5.74, 6) is -3.37. The van der Waals surface area contributed by atoms with Crippen LogP contribution in [-0.4, -0.2) is 90.8 Å². The molecule has 0 spiro atoms. The number of carbonyl (C=O) groups is 6. The Morgan fingerprint density at radius 1 is 1.00 bits per heavy atom. The van der Waals surface area contributed by atoms with Crippen molar-refractivity contribution < 1.29 is 33.9 Å². The molecule has 49 heavy (non-hydrogen) atoms. The summed E-state index contributed by atoms with van der Waals surface area (Å²) in [6.07, 6.45) is 3.08. The molecule has 0 aliphatic heterocycles. The number of carboxylic acid groups (broad SMARTS) is 1. The molecule has 1 aliphatic carbocycles. The maximum absolute atomic E-state index is 14.2. The quantitative estimate of drug-likeness (QED) is 0.0390. The molecule has 1 aromatic carbocycles. The van der Waals surface area contributed by atoms with Gasteiger partial charge in [0.05, 0.1) is 12.6 Å². The van der Waals surface area contributed by atoms with Crippen LogP contribution < -0.4 is 37.6 Å². The zero-order valence-corrected chi connectivity index (χ0v) is 29.0. The Bertz CT molecular complexity index is 1290. The van der Waals surface area contributed by atoms with E-state index in [9.17, 15) is 33.9 Å². The number of nitrogens with two attached hydrogens (primary N) is 1. The van der Waals surface area contributed by atoms with Crippen molar-refractivity contribution in [3.8, 4) is 0 Å². The van der Waals surface area contributed by atoms with E-state index in [1.54, 1.807) is 7.05 Å². The number of hydrogen-bond donors (Lipinski definition) is 9. The lowest BCUT2D eigenvalue weighted by Crippen LogP contribution is -2.66. The van der Waals surface area contributed by atoms with Gasteiger partial charge >= 0.3 is 5.97 Å². The number of aldehydes is 1. The van der Waals surface area contributed by atoms with E-state index >= 15 is 0 Å². The van der Waals surface area contributed by atoms with Crippen molar-refractivity contribution in [3.05, 3.63) is 35.9 Å². The number of carbonyl (C=O) groups excluding carboxylic acids is 5.